The van der Waals surface area contributed by atoms with Gasteiger partial charge in [-0.05, 0) is 6.92 Å². The topological polar surface area (TPSA) is 81.1 Å². The van der Waals surface area contributed by atoms with Crippen LogP contribution in [0.4, 0.5) is 5.82 Å². The molecule has 11 heavy (non-hydrogen) atoms. The first-order valence-electron chi connectivity index (χ1n) is 3.06. The molecule has 60 valence electrons. The van der Waals surface area contributed by atoms with Crippen LogP contribution in [0.25, 0.3) is 0 Å². The fourth-order valence-electron chi connectivity index (χ4n) is 0.898. The Morgan fingerprint density at radius 2 is 2.27 bits per heavy atom. The van der Waals surface area contributed by atoms with Gasteiger partial charge in [0.05, 0.1) is 5.69 Å². The number of carboxylic acids is 1. The number of hydrogen-bond acceptors (Lipinski definition) is 3. The van der Waals surface area contributed by atoms with Gasteiger partial charge in [-0.2, -0.15) is 5.10 Å². The van der Waals surface area contributed by atoms with Gasteiger partial charge in [0.15, 0.2) is 5.82 Å². The molecule has 5 heteroatoms. The molecule has 3 N–H and O–H groups in total. The molecule has 1 heterocycles. The largest absolute Gasteiger partial charge is 0.477 e. The standard InChI is InChI=1S/C6H9N3O2/c1-3-4(6(10)11)5(7)8-9(3)2/h1-2H3,(H2,7,8)(H,10,11). The number of anilines is 1. The zero-order valence-electron chi connectivity index (χ0n) is 6.33. The summed E-state index contributed by atoms with van der Waals surface area (Å²) < 4.78 is 1.44. The lowest BCUT2D eigenvalue weighted by molar-refractivity contribution is 0.0697. The van der Waals surface area contributed by atoms with Crippen LogP contribution < -0.4 is 5.73 Å². The summed E-state index contributed by atoms with van der Waals surface area (Å²) in [5.74, 6) is -0.967. The van der Waals surface area contributed by atoms with Crippen molar-refractivity contribution in [2.45, 2.75) is 6.92 Å². The van der Waals surface area contributed by atoms with Crippen molar-refractivity contribution in [3.05, 3.63) is 11.3 Å². The number of aromatic nitrogens is 2. The molecule has 0 aliphatic heterocycles. The van der Waals surface area contributed by atoms with E-state index in [4.69, 9.17) is 10.8 Å². The Bertz CT molecular complexity index is 303. The van der Waals surface area contributed by atoms with E-state index in [1.165, 1.54) is 4.68 Å². The first-order valence-corrected chi connectivity index (χ1v) is 3.06. The van der Waals surface area contributed by atoms with Crippen molar-refractivity contribution in [2.75, 3.05) is 5.73 Å². The van der Waals surface area contributed by atoms with Crippen molar-refractivity contribution >= 4 is 11.8 Å². The Kier molecular flexibility index (Phi) is 1.56. The van der Waals surface area contributed by atoms with Crippen LogP contribution in [0.3, 0.4) is 0 Å². The Balaban J connectivity index is 3.34. The second-order valence-corrected chi connectivity index (χ2v) is 2.27. The maximum absolute atomic E-state index is 10.5. The lowest BCUT2D eigenvalue weighted by atomic mass is 10.2. The van der Waals surface area contributed by atoms with Crippen molar-refractivity contribution in [1.82, 2.24) is 9.78 Å². The highest BCUT2D eigenvalue weighted by Crippen LogP contribution is 2.13. The maximum atomic E-state index is 10.5. The van der Waals surface area contributed by atoms with Gasteiger partial charge in [0.25, 0.3) is 0 Å². The van der Waals surface area contributed by atoms with E-state index in [2.05, 4.69) is 5.10 Å². The summed E-state index contributed by atoms with van der Waals surface area (Å²) in [6.45, 7) is 1.66. The maximum Gasteiger partial charge on any atom is 0.341 e. The van der Waals surface area contributed by atoms with Crippen LogP contribution in [-0.2, 0) is 7.05 Å². The molecule has 0 radical (unpaired) electrons. The van der Waals surface area contributed by atoms with Crippen molar-refractivity contribution in [3.63, 3.8) is 0 Å². The molecule has 0 spiro atoms. The summed E-state index contributed by atoms with van der Waals surface area (Å²) in [7, 11) is 1.65. The fourth-order valence-corrected chi connectivity index (χ4v) is 0.898. The number of aromatic carboxylic acids is 1. The summed E-state index contributed by atoms with van der Waals surface area (Å²) in [5.41, 5.74) is 5.99. The van der Waals surface area contributed by atoms with Gasteiger partial charge >= 0.3 is 5.97 Å². The smallest absolute Gasteiger partial charge is 0.341 e. The zero-order valence-corrected chi connectivity index (χ0v) is 6.33. The molecule has 0 aromatic carbocycles. The van der Waals surface area contributed by atoms with E-state index in [1.807, 2.05) is 0 Å². The fraction of sp³-hybridized carbons (Fsp3) is 0.333. The molecule has 0 saturated carbocycles. The molecule has 0 bridgehead atoms. The zero-order chi connectivity index (χ0) is 8.59. The van der Waals surface area contributed by atoms with Crippen LogP contribution in [0.5, 0.6) is 0 Å². The molecule has 0 atom stereocenters. The molecular formula is C6H9N3O2. The molecule has 0 amide bonds. The predicted octanol–water partition coefficient (Wildman–Crippen LogP) is 0.00892. The van der Waals surface area contributed by atoms with E-state index >= 15 is 0 Å². The number of rotatable bonds is 1. The molecule has 0 aliphatic rings. The average molecular weight is 155 g/mol. The molecule has 0 unspecified atom stereocenters. The number of nitrogens with zero attached hydrogens (tertiary/aromatic N) is 2. The summed E-state index contributed by atoms with van der Waals surface area (Å²) in [6.07, 6.45) is 0. The van der Waals surface area contributed by atoms with Crippen LogP contribution in [0, 0.1) is 6.92 Å². The van der Waals surface area contributed by atoms with Crippen LogP contribution >= 0.6 is 0 Å². The van der Waals surface area contributed by atoms with Gasteiger partial charge in [-0.25, -0.2) is 4.79 Å². The molecule has 1 aromatic heterocycles. The van der Waals surface area contributed by atoms with Crippen LogP contribution in [0.2, 0.25) is 0 Å². The van der Waals surface area contributed by atoms with Crippen molar-refractivity contribution in [2.24, 2.45) is 7.05 Å². The van der Waals surface area contributed by atoms with Gasteiger partial charge < -0.3 is 10.8 Å². The van der Waals surface area contributed by atoms with E-state index < -0.39 is 5.97 Å². The molecule has 5 nitrogen and oxygen atoms in total. The minimum absolute atomic E-state index is 0.0671. The number of nitrogens with two attached hydrogens (primary N) is 1. The van der Waals surface area contributed by atoms with Gasteiger partial charge in [0, 0.05) is 7.05 Å². The minimum Gasteiger partial charge on any atom is -0.477 e. The molecule has 0 saturated heterocycles. The van der Waals surface area contributed by atoms with Crippen LogP contribution in [0.1, 0.15) is 16.1 Å². The number of hydrogen-bond donors (Lipinski definition) is 2. The lowest BCUT2D eigenvalue weighted by Crippen LogP contribution is -2.01. The lowest BCUT2D eigenvalue weighted by Gasteiger charge is -1.92. The highest BCUT2D eigenvalue weighted by atomic mass is 16.4. The monoisotopic (exact) mass is 155 g/mol. The second kappa shape index (κ2) is 2.26. The molecule has 0 fully saturated rings. The van der Waals surface area contributed by atoms with E-state index in [0.29, 0.717) is 5.69 Å². The van der Waals surface area contributed by atoms with Crippen molar-refractivity contribution in [1.29, 1.82) is 0 Å². The normalized spacial score (nSPS) is 10.0. The van der Waals surface area contributed by atoms with E-state index in [1.54, 1.807) is 14.0 Å². The number of aryl methyl sites for hydroxylation is 1. The minimum atomic E-state index is -1.03. The highest BCUT2D eigenvalue weighted by Gasteiger charge is 2.16. The Hall–Kier alpha value is -1.52. The van der Waals surface area contributed by atoms with E-state index in [9.17, 15) is 4.79 Å². The first kappa shape index (κ1) is 7.59. The Morgan fingerprint density at radius 1 is 1.73 bits per heavy atom. The molecule has 1 rings (SSSR count). The summed E-state index contributed by atoms with van der Waals surface area (Å²) in [5, 5.41) is 12.4. The first-order chi connectivity index (χ1) is 5.04. The summed E-state index contributed by atoms with van der Waals surface area (Å²) >= 11 is 0. The summed E-state index contributed by atoms with van der Waals surface area (Å²) in [4.78, 5) is 10.5. The Labute approximate surface area is 63.4 Å². The van der Waals surface area contributed by atoms with Crippen LogP contribution in [-0.4, -0.2) is 20.9 Å². The van der Waals surface area contributed by atoms with Crippen molar-refractivity contribution < 1.29 is 9.90 Å². The van der Waals surface area contributed by atoms with E-state index in [0.717, 1.165) is 0 Å². The molecule has 1 aromatic rings. The average Bonchev–Trinajstić information content (AvgIpc) is 2.07. The van der Waals surface area contributed by atoms with Gasteiger partial charge in [0.2, 0.25) is 0 Å². The number of carbonyl (C=O) groups is 1. The highest BCUT2D eigenvalue weighted by molar-refractivity contribution is 5.93. The summed E-state index contributed by atoms with van der Waals surface area (Å²) in [6, 6.07) is 0. The van der Waals surface area contributed by atoms with Gasteiger partial charge in [-0.3, -0.25) is 4.68 Å². The quantitative estimate of drug-likeness (QED) is 0.598. The predicted molar refractivity (Wildman–Crippen MR) is 39.3 cm³/mol. The van der Waals surface area contributed by atoms with Crippen LogP contribution in [0.15, 0.2) is 0 Å². The van der Waals surface area contributed by atoms with Gasteiger partial charge in [-0.15, -0.1) is 0 Å². The Morgan fingerprint density at radius 3 is 2.45 bits per heavy atom. The SMILES string of the molecule is Cc1c(C(=O)O)c(N)nn1C. The third kappa shape index (κ3) is 1.04. The number of nitrogen functional groups attached to an aromatic ring is 1. The van der Waals surface area contributed by atoms with Gasteiger partial charge in [-0.1, -0.05) is 0 Å². The second-order valence-electron chi connectivity index (χ2n) is 2.27. The molecule has 0 aliphatic carbocycles. The third-order valence-corrected chi connectivity index (χ3v) is 1.57. The molecular weight excluding hydrogens is 146 g/mol. The van der Waals surface area contributed by atoms with Gasteiger partial charge in [0.1, 0.15) is 5.56 Å². The third-order valence-electron chi connectivity index (χ3n) is 1.57. The van der Waals surface area contributed by atoms with E-state index in [-0.39, 0.29) is 11.4 Å². The number of carboxylic acid groups (broad SMARTS) is 1. The van der Waals surface area contributed by atoms with Crippen molar-refractivity contribution in [3.8, 4) is 0 Å².